The standard InChI is InChI=1S/C25H30FN5O4/c1-5-34-21-12-9-19(14-22(21)35-6-2)27-24(32)15-30(4)16-25(33)28-23-13-17(3)29-31(23)20-10-7-18(26)8-11-20/h7-14H,5-6,15-16H2,1-4H3,(H,27,32)(H,28,33). The van der Waals surface area contributed by atoms with Gasteiger partial charge in [0.15, 0.2) is 11.5 Å². The second-order valence-electron chi connectivity index (χ2n) is 7.86. The first-order valence-electron chi connectivity index (χ1n) is 11.3. The van der Waals surface area contributed by atoms with Crippen LogP contribution in [0.2, 0.25) is 0 Å². The van der Waals surface area contributed by atoms with Crippen LogP contribution in [0.25, 0.3) is 5.69 Å². The van der Waals surface area contributed by atoms with Crippen LogP contribution in [0.15, 0.2) is 48.5 Å². The van der Waals surface area contributed by atoms with Crippen LogP contribution in [0.5, 0.6) is 11.5 Å². The number of aryl methyl sites for hydroxylation is 1. The lowest BCUT2D eigenvalue weighted by atomic mass is 10.2. The van der Waals surface area contributed by atoms with E-state index in [1.165, 1.54) is 16.8 Å². The van der Waals surface area contributed by atoms with Gasteiger partial charge in [0, 0.05) is 17.8 Å². The molecule has 186 valence electrons. The monoisotopic (exact) mass is 483 g/mol. The number of nitrogens with zero attached hydrogens (tertiary/aromatic N) is 3. The van der Waals surface area contributed by atoms with Crippen LogP contribution in [-0.2, 0) is 9.59 Å². The zero-order valence-electron chi connectivity index (χ0n) is 20.3. The fraction of sp³-hybridized carbons (Fsp3) is 0.320. The molecule has 2 aromatic carbocycles. The first kappa shape index (κ1) is 25.7. The molecule has 3 aromatic rings. The van der Waals surface area contributed by atoms with Crippen molar-refractivity contribution in [2.75, 3.05) is 44.0 Å². The predicted molar refractivity (Wildman–Crippen MR) is 132 cm³/mol. The Hall–Kier alpha value is -3.92. The summed E-state index contributed by atoms with van der Waals surface area (Å²) < 4.78 is 25.9. The van der Waals surface area contributed by atoms with Crippen molar-refractivity contribution < 1.29 is 23.5 Å². The Morgan fingerprint density at radius 2 is 1.57 bits per heavy atom. The van der Waals surface area contributed by atoms with E-state index in [-0.39, 0.29) is 30.7 Å². The molecule has 1 aromatic heterocycles. The molecular weight excluding hydrogens is 453 g/mol. The van der Waals surface area contributed by atoms with E-state index in [4.69, 9.17) is 9.47 Å². The number of carbonyl (C=O) groups is 2. The molecule has 10 heteroatoms. The number of anilines is 2. The highest BCUT2D eigenvalue weighted by atomic mass is 19.1. The van der Waals surface area contributed by atoms with Crippen molar-refractivity contribution in [1.29, 1.82) is 0 Å². The van der Waals surface area contributed by atoms with E-state index in [0.29, 0.717) is 47.6 Å². The number of aromatic nitrogens is 2. The molecule has 0 aliphatic heterocycles. The number of likely N-dealkylation sites (N-methyl/N-ethyl adjacent to an activating group) is 1. The van der Waals surface area contributed by atoms with Crippen molar-refractivity contribution in [2.45, 2.75) is 20.8 Å². The van der Waals surface area contributed by atoms with Crippen LogP contribution in [-0.4, -0.2) is 59.8 Å². The Labute approximate surface area is 203 Å². The number of nitrogens with one attached hydrogen (secondary N) is 2. The van der Waals surface area contributed by atoms with Crippen LogP contribution in [0.1, 0.15) is 19.5 Å². The molecule has 0 atom stereocenters. The number of rotatable bonds is 11. The van der Waals surface area contributed by atoms with Crippen LogP contribution in [0, 0.1) is 12.7 Å². The van der Waals surface area contributed by atoms with Gasteiger partial charge in [-0.3, -0.25) is 14.5 Å². The summed E-state index contributed by atoms with van der Waals surface area (Å²) in [5, 5.41) is 9.97. The number of hydrogen-bond donors (Lipinski definition) is 2. The zero-order valence-corrected chi connectivity index (χ0v) is 20.3. The van der Waals surface area contributed by atoms with Crippen LogP contribution in [0.3, 0.4) is 0 Å². The van der Waals surface area contributed by atoms with E-state index in [2.05, 4.69) is 15.7 Å². The van der Waals surface area contributed by atoms with E-state index in [0.717, 1.165) is 0 Å². The minimum Gasteiger partial charge on any atom is -0.490 e. The molecule has 0 saturated heterocycles. The maximum absolute atomic E-state index is 13.3. The zero-order chi connectivity index (χ0) is 25.4. The second kappa shape index (κ2) is 12.0. The number of ether oxygens (including phenoxy) is 2. The normalized spacial score (nSPS) is 10.8. The van der Waals surface area contributed by atoms with E-state index in [1.807, 2.05) is 13.8 Å². The molecule has 0 saturated carbocycles. The lowest BCUT2D eigenvalue weighted by Crippen LogP contribution is -2.36. The lowest BCUT2D eigenvalue weighted by Gasteiger charge is -2.17. The van der Waals surface area contributed by atoms with E-state index < -0.39 is 0 Å². The molecular formula is C25H30FN5O4. The molecule has 35 heavy (non-hydrogen) atoms. The molecule has 0 fully saturated rings. The van der Waals surface area contributed by atoms with E-state index >= 15 is 0 Å². The summed E-state index contributed by atoms with van der Waals surface area (Å²) in [7, 11) is 1.67. The van der Waals surface area contributed by atoms with Gasteiger partial charge in [-0.25, -0.2) is 9.07 Å². The van der Waals surface area contributed by atoms with Gasteiger partial charge in [-0.1, -0.05) is 0 Å². The van der Waals surface area contributed by atoms with Gasteiger partial charge in [0.1, 0.15) is 11.6 Å². The van der Waals surface area contributed by atoms with Crippen molar-refractivity contribution >= 4 is 23.3 Å². The second-order valence-corrected chi connectivity index (χ2v) is 7.86. The Morgan fingerprint density at radius 3 is 2.23 bits per heavy atom. The third kappa shape index (κ3) is 7.28. The van der Waals surface area contributed by atoms with Crippen molar-refractivity contribution in [3.8, 4) is 17.2 Å². The van der Waals surface area contributed by atoms with Crippen molar-refractivity contribution in [3.05, 3.63) is 60.0 Å². The minimum atomic E-state index is -0.359. The predicted octanol–water partition coefficient (Wildman–Crippen LogP) is 3.63. The number of hydrogen-bond acceptors (Lipinski definition) is 6. The number of benzene rings is 2. The summed E-state index contributed by atoms with van der Waals surface area (Å²) in [5.41, 5.74) is 1.88. The Morgan fingerprint density at radius 1 is 0.943 bits per heavy atom. The molecule has 0 aliphatic rings. The van der Waals surface area contributed by atoms with Crippen LogP contribution < -0.4 is 20.1 Å². The third-order valence-corrected chi connectivity index (χ3v) is 4.82. The summed E-state index contributed by atoms with van der Waals surface area (Å²) in [6.07, 6.45) is 0. The van der Waals surface area contributed by atoms with Crippen molar-refractivity contribution in [3.63, 3.8) is 0 Å². The molecule has 0 aliphatic carbocycles. The fourth-order valence-electron chi connectivity index (χ4n) is 3.43. The van der Waals surface area contributed by atoms with Gasteiger partial charge in [-0.15, -0.1) is 0 Å². The molecule has 2 N–H and O–H groups in total. The fourth-order valence-corrected chi connectivity index (χ4v) is 3.43. The number of carbonyl (C=O) groups excluding carboxylic acids is 2. The summed E-state index contributed by atoms with van der Waals surface area (Å²) in [4.78, 5) is 26.7. The first-order chi connectivity index (χ1) is 16.8. The van der Waals surface area contributed by atoms with Crippen LogP contribution >= 0.6 is 0 Å². The third-order valence-electron chi connectivity index (χ3n) is 4.82. The quantitative estimate of drug-likeness (QED) is 0.432. The van der Waals surface area contributed by atoms with Gasteiger partial charge in [0.05, 0.1) is 37.7 Å². The highest BCUT2D eigenvalue weighted by Gasteiger charge is 2.15. The summed E-state index contributed by atoms with van der Waals surface area (Å²) in [6, 6.07) is 12.7. The topological polar surface area (TPSA) is 97.7 Å². The van der Waals surface area contributed by atoms with Gasteiger partial charge in [-0.05, 0) is 64.2 Å². The van der Waals surface area contributed by atoms with Gasteiger partial charge in [-0.2, -0.15) is 5.10 Å². The molecule has 3 rings (SSSR count). The molecule has 0 spiro atoms. The van der Waals surface area contributed by atoms with Gasteiger partial charge < -0.3 is 20.1 Å². The Bertz CT molecular complexity index is 1160. The highest BCUT2D eigenvalue weighted by molar-refractivity contribution is 5.94. The maximum atomic E-state index is 13.3. The van der Waals surface area contributed by atoms with E-state index in [9.17, 15) is 14.0 Å². The minimum absolute atomic E-state index is 0.000845. The Balaban J connectivity index is 1.57. The molecule has 0 radical (unpaired) electrons. The average Bonchev–Trinajstić information content (AvgIpc) is 3.15. The van der Waals surface area contributed by atoms with Gasteiger partial charge >= 0.3 is 0 Å². The molecule has 0 bridgehead atoms. The number of amides is 2. The number of halogens is 1. The first-order valence-corrected chi connectivity index (χ1v) is 11.3. The summed E-state index contributed by atoms with van der Waals surface area (Å²) in [6.45, 7) is 6.50. The molecule has 0 unspecified atom stereocenters. The van der Waals surface area contributed by atoms with Gasteiger partial charge in [0.25, 0.3) is 0 Å². The highest BCUT2D eigenvalue weighted by Crippen LogP contribution is 2.30. The van der Waals surface area contributed by atoms with Gasteiger partial charge in [0.2, 0.25) is 11.8 Å². The lowest BCUT2D eigenvalue weighted by molar-refractivity contribution is -0.119. The molecule has 9 nitrogen and oxygen atoms in total. The average molecular weight is 484 g/mol. The molecule has 2 amide bonds. The molecule has 1 heterocycles. The summed E-state index contributed by atoms with van der Waals surface area (Å²) >= 11 is 0. The maximum Gasteiger partial charge on any atom is 0.239 e. The largest absolute Gasteiger partial charge is 0.490 e. The van der Waals surface area contributed by atoms with Crippen molar-refractivity contribution in [1.82, 2.24) is 14.7 Å². The van der Waals surface area contributed by atoms with E-state index in [1.54, 1.807) is 55.3 Å². The summed E-state index contributed by atoms with van der Waals surface area (Å²) in [5.74, 6) is 0.656. The smallest absolute Gasteiger partial charge is 0.239 e. The Kier molecular flexibility index (Phi) is 8.80. The van der Waals surface area contributed by atoms with Crippen LogP contribution in [0.4, 0.5) is 15.9 Å². The van der Waals surface area contributed by atoms with Crippen molar-refractivity contribution in [2.24, 2.45) is 0 Å². The SMILES string of the molecule is CCOc1ccc(NC(=O)CN(C)CC(=O)Nc2cc(C)nn2-c2ccc(F)cc2)cc1OCC.